The Kier molecular flexibility index (Phi) is 6.08. The van der Waals surface area contributed by atoms with Crippen molar-refractivity contribution in [1.82, 2.24) is 19.5 Å². The van der Waals surface area contributed by atoms with Crippen LogP contribution < -0.4 is 0 Å². The molecule has 11 nitrogen and oxygen atoms in total. The quantitative estimate of drug-likeness (QED) is 0.406. The molecule has 1 N–H and O–H groups in total. The van der Waals surface area contributed by atoms with Gasteiger partial charge in [-0.3, -0.25) is 14.2 Å². The largest absolute Gasteiger partial charge is 0.456 e. The molecule has 0 radical (unpaired) electrons. The molecule has 152 valence electrons. The van der Waals surface area contributed by atoms with Gasteiger partial charge in [-0.2, -0.15) is 0 Å². The summed E-state index contributed by atoms with van der Waals surface area (Å²) in [6, 6.07) is 0. The Hall–Kier alpha value is -2.34. The Balaban J connectivity index is 2.00. The smallest absolute Gasteiger partial charge is 0.303 e. The van der Waals surface area contributed by atoms with Crippen molar-refractivity contribution < 1.29 is 33.6 Å². The average Bonchev–Trinajstić information content (AvgIpc) is 3.16. The topological polar surface area (TPSA) is 135 Å². The molecule has 1 aliphatic heterocycles. The lowest BCUT2D eigenvalue weighted by Crippen LogP contribution is -2.40. The molecule has 0 aliphatic carbocycles. The molecule has 0 saturated carbocycles. The Bertz CT molecular complexity index is 874. The number of nitrogens with zero attached hydrogens (tertiary/aromatic N) is 4. The minimum Gasteiger partial charge on any atom is -0.456 e. The Morgan fingerprint density at radius 3 is 2.57 bits per heavy atom. The van der Waals surface area contributed by atoms with Crippen molar-refractivity contribution in [1.29, 1.82) is 0 Å². The molecule has 1 fully saturated rings. The van der Waals surface area contributed by atoms with E-state index in [1.807, 2.05) is 0 Å². The van der Waals surface area contributed by atoms with Gasteiger partial charge in [0.25, 0.3) is 0 Å². The van der Waals surface area contributed by atoms with E-state index in [0.29, 0.717) is 11.2 Å². The molecule has 2 aromatic heterocycles. The van der Waals surface area contributed by atoms with Crippen LogP contribution >= 0.6 is 11.6 Å². The molecule has 0 amide bonds. The first-order chi connectivity index (χ1) is 13.3. The predicted octanol–water partition coefficient (Wildman–Crippen LogP) is 0.595. The number of imidazole rings is 1. The number of aliphatic hydroxyl groups excluding tert-OH is 1. The van der Waals surface area contributed by atoms with Gasteiger partial charge in [-0.25, -0.2) is 15.0 Å². The summed E-state index contributed by atoms with van der Waals surface area (Å²) in [4.78, 5) is 35.5. The van der Waals surface area contributed by atoms with Crippen LogP contribution in [0.5, 0.6) is 0 Å². The molecule has 3 heterocycles. The van der Waals surface area contributed by atoms with Crippen LogP contribution in [0.25, 0.3) is 11.2 Å². The van der Waals surface area contributed by atoms with E-state index >= 15 is 0 Å². The van der Waals surface area contributed by atoms with E-state index in [0.717, 1.165) is 0 Å². The fourth-order valence-electron chi connectivity index (χ4n) is 2.96. The van der Waals surface area contributed by atoms with Crippen molar-refractivity contribution in [2.75, 3.05) is 6.61 Å². The highest BCUT2D eigenvalue weighted by Gasteiger charge is 2.50. The molecule has 1 aliphatic rings. The van der Waals surface area contributed by atoms with Crippen LogP contribution in [0.3, 0.4) is 0 Å². The highest BCUT2D eigenvalue weighted by molar-refractivity contribution is 6.33. The third-order valence-corrected chi connectivity index (χ3v) is 4.26. The van der Waals surface area contributed by atoms with E-state index in [4.69, 9.17) is 30.5 Å². The minimum atomic E-state index is -1.06. The maximum atomic E-state index is 11.7. The molecule has 3 rings (SSSR count). The maximum absolute atomic E-state index is 11.7. The normalized spacial score (nSPS) is 25.6. The molecule has 0 bridgehead atoms. The van der Waals surface area contributed by atoms with Gasteiger partial charge >= 0.3 is 11.9 Å². The van der Waals surface area contributed by atoms with Crippen molar-refractivity contribution >= 4 is 34.7 Å². The minimum absolute atomic E-state index is 0.105. The van der Waals surface area contributed by atoms with Gasteiger partial charge in [-0.1, -0.05) is 11.6 Å². The SMILES string of the molecule is CC(=O)OC1C(COC(C)O)OC(n2cnc3c(Cl)ncnc32)C1OC(C)=O. The first-order valence-corrected chi connectivity index (χ1v) is 8.78. The lowest BCUT2D eigenvalue weighted by molar-refractivity contribution is -0.167. The number of rotatable bonds is 6. The summed E-state index contributed by atoms with van der Waals surface area (Å²) in [5.41, 5.74) is 0.683. The van der Waals surface area contributed by atoms with Crippen LogP contribution in [0.15, 0.2) is 12.7 Å². The summed E-state index contributed by atoms with van der Waals surface area (Å²) in [6.45, 7) is 3.78. The van der Waals surface area contributed by atoms with E-state index < -0.39 is 42.8 Å². The number of carbonyl (C=O) groups is 2. The van der Waals surface area contributed by atoms with Gasteiger partial charge in [0, 0.05) is 13.8 Å². The fourth-order valence-corrected chi connectivity index (χ4v) is 3.14. The average molecular weight is 415 g/mol. The first kappa shape index (κ1) is 20.4. The molecular formula is C16H19ClN4O7. The van der Waals surface area contributed by atoms with Gasteiger partial charge in [0.05, 0.1) is 12.9 Å². The van der Waals surface area contributed by atoms with Gasteiger partial charge in [0.1, 0.15) is 17.9 Å². The van der Waals surface area contributed by atoms with Gasteiger partial charge in [0.15, 0.2) is 35.5 Å². The zero-order valence-corrected chi connectivity index (χ0v) is 16.1. The highest BCUT2D eigenvalue weighted by Crippen LogP contribution is 2.36. The second kappa shape index (κ2) is 8.35. The van der Waals surface area contributed by atoms with E-state index in [2.05, 4.69) is 15.0 Å². The number of esters is 2. The van der Waals surface area contributed by atoms with E-state index in [-0.39, 0.29) is 11.8 Å². The Morgan fingerprint density at radius 2 is 1.93 bits per heavy atom. The number of hydrogen-bond donors (Lipinski definition) is 1. The van der Waals surface area contributed by atoms with Gasteiger partial charge in [0.2, 0.25) is 0 Å². The maximum Gasteiger partial charge on any atom is 0.303 e. The summed E-state index contributed by atoms with van der Waals surface area (Å²) in [6.07, 6.45) is -2.11. The van der Waals surface area contributed by atoms with Crippen molar-refractivity contribution in [3.8, 4) is 0 Å². The molecule has 0 spiro atoms. The number of ether oxygens (including phenoxy) is 4. The molecule has 1 saturated heterocycles. The van der Waals surface area contributed by atoms with Crippen molar-refractivity contribution in [2.45, 2.75) is 51.6 Å². The fraction of sp³-hybridized carbons (Fsp3) is 0.562. The van der Waals surface area contributed by atoms with Crippen LogP contribution in [-0.2, 0) is 28.5 Å². The standard InChI is InChI=1S/C16H19ClN4O7/c1-7(22)25-4-10-12(26-8(2)23)13(27-9(3)24)16(28-10)21-6-20-11-14(17)18-5-19-15(11)21/h5-7,10,12-13,16,22H,4H2,1-3H3. The van der Waals surface area contributed by atoms with Crippen molar-refractivity contribution in [3.05, 3.63) is 17.8 Å². The Morgan fingerprint density at radius 1 is 1.25 bits per heavy atom. The number of hydrogen-bond acceptors (Lipinski definition) is 10. The summed E-state index contributed by atoms with van der Waals surface area (Å²) < 4.78 is 23.4. The molecule has 5 unspecified atom stereocenters. The van der Waals surface area contributed by atoms with Crippen molar-refractivity contribution in [3.63, 3.8) is 0 Å². The zero-order chi connectivity index (χ0) is 20.4. The van der Waals surface area contributed by atoms with Crippen LogP contribution in [-0.4, -0.2) is 67.8 Å². The van der Waals surface area contributed by atoms with Crippen molar-refractivity contribution in [2.24, 2.45) is 0 Å². The highest BCUT2D eigenvalue weighted by atomic mass is 35.5. The second-order valence-corrected chi connectivity index (χ2v) is 6.49. The second-order valence-electron chi connectivity index (χ2n) is 6.13. The molecule has 5 atom stereocenters. The summed E-state index contributed by atoms with van der Waals surface area (Å²) in [5.74, 6) is -1.18. The lowest BCUT2D eigenvalue weighted by Gasteiger charge is -2.24. The predicted molar refractivity (Wildman–Crippen MR) is 93.0 cm³/mol. The molecule has 12 heteroatoms. The monoisotopic (exact) mass is 414 g/mol. The summed E-state index contributed by atoms with van der Waals surface area (Å²) >= 11 is 6.04. The van der Waals surface area contributed by atoms with Crippen LogP contribution in [0.2, 0.25) is 5.15 Å². The first-order valence-electron chi connectivity index (χ1n) is 8.40. The van der Waals surface area contributed by atoms with Gasteiger partial charge < -0.3 is 24.1 Å². The number of halogens is 1. The van der Waals surface area contributed by atoms with Gasteiger partial charge in [-0.15, -0.1) is 0 Å². The van der Waals surface area contributed by atoms with E-state index in [1.54, 1.807) is 0 Å². The third kappa shape index (κ3) is 4.22. The zero-order valence-electron chi connectivity index (χ0n) is 15.3. The van der Waals surface area contributed by atoms with Crippen LogP contribution in [0.4, 0.5) is 0 Å². The third-order valence-electron chi connectivity index (χ3n) is 3.98. The lowest BCUT2D eigenvalue weighted by atomic mass is 10.1. The summed E-state index contributed by atoms with van der Waals surface area (Å²) in [5, 5.41) is 9.55. The van der Waals surface area contributed by atoms with E-state index in [9.17, 15) is 14.7 Å². The molecular weight excluding hydrogens is 396 g/mol. The van der Waals surface area contributed by atoms with E-state index in [1.165, 1.54) is 38.0 Å². The molecule has 28 heavy (non-hydrogen) atoms. The molecule has 2 aromatic rings. The van der Waals surface area contributed by atoms with Crippen LogP contribution in [0, 0.1) is 0 Å². The number of aromatic nitrogens is 4. The number of fused-ring (bicyclic) bond motifs is 1. The number of carbonyl (C=O) groups excluding carboxylic acids is 2. The number of aliphatic hydroxyl groups is 1. The summed E-state index contributed by atoms with van der Waals surface area (Å²) in [7, 11) is 0. The molecule has 0 aromatic carbocycles. The van der Waals surface area contributed by atoms with Crippen LogP contribution in [0.1, 0.15) is 27.0 Å². The Labute approximate surface area is 164 Å². The van der Waals surface area contributed by atoms with Gasteiger partial charge in [-0.05, 0) is 6.92 Å².